The van der Waals surface area contributed by atoms with Crippen LogP contribution in [0.25, 0.3) is 10.8 Å². The smallest absolute Gasteiger partial charge is 0.255 e. The molecule has 0 aliphatic heterocycles. The summed E-state index contributed by atoms with van der Waals surface area (Å²) in [6.07, 6.45) is 0. The summed E-state index contributed by atoms with van der Waals surface area (Å²) in [5.41, 5.74) is 4.57. The van der Waals surface area contributed by atoms with Crippen molar-refractivity contribution in [1.29, 1.82) is 0 Å². The summed E-state index contributed by atoms with van der Waals surface area (Å²) in [4.78, 5) is 26.3. The molecule has 0 bridgehead atoms. The molecule has 0 radical (unpaired) electrons. The lowest BCUT2D eigenvalue weighted by atomic mass is 9.86. The third-order valence-electron chi connectivity index (χ3n) is 6.41. The number of nitrogens with one attached hydrogen (secondary N) is 2. The van der Waals surface area contributed by atoms with Crippen LogP contribution in [0.5, 0.6) is 0 Å². The molecule has 184 valence electrons. The first-order valence-corrected chi connectivity index (χ1v) is 12.3. The minimum atomic E-state index is -0.226. The maximum absolute atomic E-state index is 13.1. The molecule has 2 amide bonds. The molecule has 36 heavy (non-hydrogen) atoms. The monoisotopic (exact) mass is 478 g/mol. The van der Waals surface area contributed by atoms with E-state index in [9.17, 15) is 9.59 Å². The van der Waals surface area contributed by atoms with Gasteiger partial charge in [-0.3, -0.25) is 9.59 Å². The molecule has 2 N–H and O–H groups in total. The predicted octanol–water partition coefficient (Wildman–Crippen LogP) is 7.94. The number of hydrogen-bond acceptors (Lipinski definition) is 2. The Hall–Kier alpha value is -3.92. The van der Waals surface area contributed by atoms with Crippen LogP contribution in [0.2, 0.25) is 0 Å². The summed E-state index contributed by atoms with van der Waals surface area (Å²) in [6.45, 7) is 12.8. The third kappa shape index (κ3) is 5.65. The molecule has 0 unspecified atom stereocenters. The second-order valence-corrected chi connectivity index (χ2v) is 11.3. The van der Waals surface area contributed by atoms with Gasteiger partial charge in [0.25, 0.3) is 11.8 Å². The highest BCUT2D eigenvalue weighted by atomic mass is 16.2. The number of carbonyl (C=O) groups is 2. The van der Waals surface area contributed by atoms with E-state index in [1.807, 2.05) is 84.9 Å². The van der Waals surface area contributed by atoms with Gasteiger partial charge in [0.2, 0.25) is 0 Å². The molecule has 0 spiro atoms. The molecular weight excluding hydrogens is 444 g/mol. The van der Waals surface area contributed by atoms with E-state index < -0.39 is 0 Å². The van der Waals surface area contributed by atoms with Crippen LogP contribution in [-0.4, -0.2) is 11.8 Å². The van der Waals surface area contributed by atoms with E-state index in [-0.39, 0.29) is 22.6 Å². The Labute approximate surface area is 213 Å². The molecule has 4 nitrogen and oxygen atoms in total. The third-order valence-corrected chi connectivity index (χ3v) is 6.41. The summed E-state index contributed by atoms with van der Waals surface area (Å²) in [7, 11) is 0. The van der Waals surface area contributed by atoms with Crippen LogP contribution >= 0.6 is 0 Å². The maximum Gasteiger partial charge on any atom is 0.255 e. The average molecular weight is 479 g/mol. The SMILES string of the molecule is CC(C)(C)c1ccc(C(=O)Nc2cc3ccccc3cc2NC(=O)c2ccc(C(C)(C)C)cc2)cc1. The van der Waals surface area contributed by atoms with Crippen molar-refractivity contribution in [2.75, 3.05) is 10.6 Å². The van der Waals surface area contributed by atoms with Gasteiger partial charge in [0.15, 0.2) is 0 Å². The molecule has 4 heteroatoms. The Bertz CT molecular complexity index is 1290. The van der Waals surface area contributed by atoms with Gasteiger partial charge < -0.3 is 10.6 Å². The van der Waals surface area contributed by atoms with Gasteiger partial charge in [0.1, 0.15) is 0 Å². The van der Waals surface area contributed by atoms with Crippen molar-refractivity contribution in [3.05, 3.63) is 107 Å². The van der Waals surface area contributed by atoms with Crippen molar-refractivity contribution in [3.63, 3.8) is 0 Å². The lowest BCUT2D eigenvalue weighted by molar-refractivity contribution is 0.101. The van der Waals surface area contributed by atoms with Gasteiger partial charge >= 0.3 is 0 Å². The van der Waals surface area contributed by atoms with E-state index in [4.69, 9.17) is 0 Å². The molecule has 4 aromatic rings. The van der Waals surface area contributed by atoms with Gasteiger partial charge in [-0.1, -0.05) is 90.1 Å². The molecule has 0 saturated heterocycles. The molecule has 0 fully saturated rings. The van der Waals surface area contributed by atoms with Gasteiger partial charge in [-0.2, -0.15) is 0 Å². The molecule has 0 aromatic heterocycles. The predicted molar refractivity (Wildman–Crippen MR) is 150 cm³/mol. The zero-order valence-electron chi connectivity index (χ0n) is 21.9. The van der Waals surface area contributed by atoms with Crippen molar-refractivity contribution in [2.45, 2.75) is 52.4 Å². The lowest BCUT2D eigenvalue weighted by Gasteiger charge is -2.19. The van der Waals surface area contributed by atoms with Gasteiger partial charge in [-0.05, 0) is 69.1 Å². The van der Waals surface area contributed by atoms with Crippen molar-refractivity contribution < 1.29 is 9.59 Å². The Morgan fingerprint density at radius 2 is 0.861 bits per heavy atom. The van der Waals surface area contributed by atoms with Crippen LogP contribution < -0.4 is 10.6 Å². The lowest BCUT2D eigenvalue weighted by Crippen LogP contribution is -2.18. The molecule has 4 aromatic carbocycles. The van der Waals surface area contributed by atoms with E-state index >= 15 is 0 Å². The van der Waals surface area contributed by atoms with Crippen molar-refractivity contribution in [1.82, 2.24) is 0 Å². The number of hydrogen-bond donors (Lipinski definition) is 2. The summed E-state index contributed by atoms with van der Waals surface area (Å²) in [6, 6.07) is 27.0. The number of carbonyl (C=O) groups excluding carboxylic acids is 2. The second-order valence-electron chi connectivity index (χ2n) is 11.3. The van der Waals surface area contributed by atoms with Crippen LogP contribution in [0.3, 0.4) is 0 Å². The van der Waals surface area contributed by atoms with Gasteiger partial charge in [0, 0.05) is 11.1 Å². The van der Waals surface area contributed by atoms with Crippen LogP contribution in [0.15, 0.2) is 84.9 Å². The largest absolute Gasteiger partial charge is 0.320 e. The van der Waals surface area contributed by atoms with Crippen LogP contribution in [0, 0.1) is 0 Å². The highest BCUT2D eigenvalue weighted by Crippen LogP contribution is 2.30. The van der Waals surface area contributed by atoms with Crippen LogP contribution in [0.1, 0.15) is 73.4 Å². The zero-order valence-corrected chi connectivity index (χ0v) is 21.9. The fourth-order valence-corrected chi connectivity index (χ4v) is 4.08. The Balaban J connectivity index is 1.62. The molecule has 0 aliphatic carbocycles. The molecule has 0 atom stereocenters. The number of amides is 2. The van der Waals surface area contributed by atoms with E-state index in [1.165, 1.54) is 0 Å². The molecule has 0 heterocycles. The number of anilines is 2. The molecule has 0 aliphatic rings. The Morgan fingerprint density at radius 1 is 0.528 bits per heavy atom. The maximum atomic E-state index is 13.1. The summed E-state index contributed by atoms with van der Waals surface area (Å²) in [5, 5.41) is 7.97. The fraction of sp³-hybridized carbons (Fsp3) is 0.250. The van der Waals surface area contributed by atoms with Gasteiger partial charge in [-0.25, -0.2) is 0 Å². The Morgan fingerprint density at radius 3 is 1.17 bits per heavy atom. The fourth-order valence-electron chi connectivity index (χ4n) is 4.08. The number of rotatable bonds is 4. The quantitative estimate of drug-likeness (QED) is 0.313. The topological polar surface area (TPSA) is 58.2 Å². The highest BCUT2D eigenvalue weighted by Gasteiger charge is 2.18. The van der Waals surface area contributed by atoms with Crippen molar-refractivity contribution in [3.8, 4) is 0 Å². The zero-order chi connectivity index (χ0) is 26.1. The van der Waals surface area contributed by atoms with Crippen molar-refractivity contribution >= 4 is 34.0 Å². The van der Waals surface area contributed by atoms with E-state index in [1.54, 1.807) is 0 Å². The summed E-state index contributed by atoms with van der Waals surface area (Å²) >= 11 is 0. The summed E-state index contributed by atoms with van der Waals surface area (Å²) < 4.78 is 0. The summed E-state index contributed by atoms with van der Waals surface area (Å²) in [5.74, 6) is -0.452. The van der Waals surface area contributed by atoms with Crippen molar-refractivity contribution in [2.24, 2.45) is 0 Å². The standard InChI is InChI=1S/C32H34N2O2/c1-31(2,3)25-15-11-21(12-16-25)29(35)33-27-19-23-9-7-8-10-24(23)20-28(27)34-30(36)22-13-17-26(18-14-22)32(4,5)6/h7-20H,1-6H3,(H,33,35)(H,34,36). The molecule has 0 saturated carbocycles. The second kappa shape index (κ2) is 9.62. The first-order valence-electron chi connectivity index (χ1n) is 12.3. The van der Waals surface area contributed by atoms with Crippen LogP contribution in [-0.2, 0) is 10.8 Å². The van der Waals surface area contributed by atoms with Gasteiger partial charge in [-0.15, -0.1) is 0 Å². The average Bonchev–Trinajstić information content (AvgIpc) is 2.83. The van der Waals surface area contributed by atoms with E-state index in [0.717, 1.165) is 21.9 Å². The van der Waals surface area contributed by atoms with Gasteiger partial charge in [0.05, 0.1) is 11.4 Å². The van der Waals surface area contributed by atoms with Crippen LogP contribution in [0.4, 0.5) is 11.4 Å². The number of benzene rings is 4. The Kier molecular flexibility index (Phi) is 6.73. The molecular formula is C32H34N2O2. The minimum absolute atomic E-state index is 0.00981. The van der Waals surface area contributed by atoms with E-state index in [2.05, 4.69) is 52.2 Å². The first kappa shape index (κ1) is 25.2. The minimum Gasteiger partial charge on any atom is -0.320 e. The molecule has 4 rings (SSSR count). The first-order chi connectivity index (χ1) is 16.9. The van der Waals surface area contributed by atoms with E-state index in [0.29, 0.717) is 22.5 Å². The number of fused-ring (bicyclic) bond motifs is 1. The highest BCUT2D eigenvalue weighted by molar-refractivity contribution is 6.12. The normalized spacial score (nSPS) is 11.8.